The highest BCUT2D eigenvalue weighted by molar-refractivity contribution is 5.91. The Hall–Kier alpha value is -1.75. The third kappa shape index (κ3) is 2.38. The predicted molar refractivity (Wildman–Crippen MR) is 52.4 cm³/mol. The summed E-state index contributed by atoms with van der Waals surface area (Å²) in [5, 5.41) is 27.0. The molecule has 82 valence electrons. The fourth-order valence-corrected chi connectivity index (χ4v) is 1.27. The molecule has 5 nitrogen and oxygen atoms in total. The van der Waals surface area contributed by atoms with Crippen molar-refractivity contribution in [2.45, 2.75) is 6.42 Å². The SMILES string of the molecule is COc1cc(O)c(CCO)cc1C(=O)O. The van der Waals surface area contributed by atoms with Gasteiger partial charge in [-0.15, -0.1) is 0 Å². The Kier molecular flexibility index (Phi) is 3.51. The minimum absolute atomic E-state index is 0.0289. The topological polar surface area (TPSA) is 87.0 Å². The van der Waals surface area contributed by atoms with E-state index in [9.17, 15) is 9.90 Å². The molecule has 0 atom stereocenters. The van der Waals surface area contributed by atoms with Gasteiger partial charge in [0.15, 0.2) is 0 Å². The molecular weight excluding hydrogens is 200 g/mol. The quantitative estimate of drug-likeness (QED) is 0.681. The average Bonchev–Trinajstić information content (AvgIpc) is 2.20. The number of aromatic hydroxyl groups is 1. The number of carbonyl (C=O) groups is 1. The number of rotatable bonds is 4. The molecule has 0 fully saturated rings. The van der Waals surface area contributed by atoms with E-state index in [0.29, 0.717) is 5.56 Å². The first-order valence-corrected chi connectivity index (χ1v) is 4.34. The summed E-state index contributed by atoms with van der Waals surface area (Å²) < 4.78 is 4.82. The van der Waals surface area contributed by atoms with Crippen LogP contribution in [-0.2, 0) is 6.42 Å². The molecule has 1 aromatic rings. The summed E-state index contributed by atoms with van der Waals surface area (Å²) in [5.74, 6) is -1.11. The van der Waals surface area contributed by atoms with Crippen molar-refractivity contribution in [2.75, 3.05) is 13.7 Å². The molecule has 0 bridgehead atoms. The summed E-state index contributed by atoms with van der Waals surface area (Å²) in [6, 6.07) is 2.53. The minimum atomic E-state index is -1.13. The largest absolute Gasteiger partial charge is 0.508 e. The van der Waals surface area contributed by atoms with Gasteiger partial charge in [0.2, 0.25) is 0 Å². The number of aliphatic hydroxyl groups excluding tert-OH is 1. The molecule has 0 amide bonds. The molecule has 1 aromatic carbocycles. The van der Waals surface area contributed by atoms with E-state index in [-0.39, 0.29) is 30.1 Å². The van der Waals surface area contributed by atoms with E-state index in [0.717, 1.165) is 0 Å². The number of ether oxygens (including phenoxy) is 1. The molecule has 0 unspecified atom stereocenters. The van der Waals surface area contributed by atoms with Gasteiger partial charge in [0.05, 0.1) is 7.11 Å². The molecule has 5 heteroatoms. The second kappa shape index (κ2) is 4.65. The number of aliphatic hydroxyl groups is 1. The lowest BCUT2D eigenvalue weighted by Crippen LogP contribution is -2.03. The van der Waals surface area contributed by atoms with E-state index in [1.165, 1.54) is 19.2 Å². The number of benzene rings is 1. The van der Waals surface area contributed by atoms with Gasteiger partial charge >= 0.3 is 5.97 Å². The second-order valence-electron chi connectivity index (χ2n) is 2.96. The molecule has 0 saturated carbocycles. The van der Waals surface area contributed by atoms with Crippen LogP contribution in [0.25, 0.3) is 0 Å². The number of methoxy groups -OCH3 is 1. The Balaban J connectivity index is 3.23. The van der Waals surface area contributed by atoms with Crippen LogP contribution in [0.15, 0.2) is 12.1 Å². The number of phenolic OH excluding ortho intramolecular Hbond substituents is 1. The molecule has 1 rings (SSSR count). The normalized spacial score (nSPS) is 10.0. The number of hydrogen-bond donors (Lipinski definition) is 3. The Morgan fingerprint density at radius 3 is 2.60 bits per heavy atom. The maximum absolute atomic E-state index is 10.8. The molecule has 0 aromatic heterocycles. The van der Waals surface area contributed by atoms with Crippen molar-refractivity contribution < 1.29 is 24.9 Å². The van der Waals surface area contributed by atoms with E-state index in [1.54, 1.807) is 0 Å². The Morgan fingerprint density at radius 2 is 2.13 bits per heavy atom. The van der Waals surface area contributed by atoms with Gasteiger partial charge in [-0.2, -0.15) is 0 Å². The Labute approximate surface area is 86.5 Å². The fourth-order valence-electron chi connectivity index (χ4n) is 1.27. The molecular formula is C10H12O5. The van der Waals surface area contributed by atoms with E-state index < -0.39 is 5.97 Å². The molecule has 3 N–H and O–H groups in total. The molecule has 0 heterocycles. The van der Waals surface area contributed by atoms with Crippen molar-refractivity contribution in [1.29, 1.82) is 0 Å². The first-order chi connectivity index (χ1) is 7.10. The van der Waals surface area contributed by atoms with Crippen LogP contribution in [-0.4, -0.2) is 35.0 Å². The van der Waals surface area contributed by atoms with Crippen LogP contribution in [0.3, 0.4) is 0 Å². The summed E-state index contributed by atoms with van der Waals surface area (Å²) in [4.78, 5) is 10.8. The highest BCUT2D eigenvalue weighted by atomic mass is 16.5. The third-order valence-electron chi connectivity index (χ3n) is 2.01. The zero-order valence-corrected chi connectivity index (χ0v) is 8.23. The molecule has 0 saturated heterocycles. The summed E-state index contributed by atoms with van der Waals surface area (Å²) in [7, 11) is 1.33. The van der Waals surface area contributed by atoms with Gasteiger partial charge in [-0.05, 0) is 18.1 Å². The van der Waals surface area contributed by atoms with Crippen LogP contribution < -0.4 is 4.74 Å². The van der Waals surface area contributed by atoms with Crippen molar-refractivity contribution in [3.8, 4) is 11.5 Å². The van der Waals surface area contributed by atoms with Crippen LogP contribution in [0.5, 0.6) is 11.5 Å². The highest BCUT2D eigenvalue weighted by Crippen LogP contribution is 2.28. The van der Waals surface area contributed by atoms with E-state index in [4.69, 9.17) is 14.9 Å². The average molecular weight is 212 g/mol. The van der Waals surface area contributed by atoms with E-state index >= 15 is 0 Å². The molecule has 0 aliphatic heterocycles. The zero-order chi connectivity index (χ0) is 11.4. The number of hydrogen-bond acceptors (Lipinski definition) is 4. The minimum Gasteiger partial charge on any atom is -0.508 e. The van der Waals surface area contributed by atoms with Gasteiger partial charge in [-0.1, -0.05) is 0 Å². The highest BCUT2D eigenvalue weighted by Gasteiger charge is 2.14. The predicted octanol–water partition coefficient (Wildman–Crippen LogP) is 0.634. The van der Waals surface area contributed by atoms with Crippen LogP contribution in [0.1, 0.15) is 15.9 Å². The monoisotopic (exact) mass is 212 g/mol. The van der Waals surface area contributed by atoms with Gasteiger partial charge < -0.3 is 20.1 Å². The summed E-state index contributed by atoms with van der Waals surface area (Å²) in [6.45, 7) is -0.154. The van der Waals surface area contributed by atoms with E-state index in [1.807, 2.05) is 0 Å². The number of aromatic carboxylic acids is 1. The van der Waals surface area contributed by atoms with Crippen molar-refractivity contribution >= 4 is 5.97 Å². The van der Waals surface area contributed by atoms with Crippen molar-refractivity contribution in [3.63, 3.8) is 0 Å². The van der Waals surface area contributed by atoms with Gasteiger partial charge in [0, 0.05) is 12.7 Å². The van der Waals surface area contributed by atoms with Crippen LogP contribution in [0.4, 0.5) is 0 Å². The summed E-state index contributed by atoms with van der Waals surface area (Å²) in [6.07, 6.45) is 0.204. The zero-order valence-electron chi connectivity index (χ0n) is 8.23. The third-order valence-corrected chi connectivity index (χ3v) is 2.01. The van der Waals surface area contributed by atoms with Crippen LogP contribution >= 0.6 is 0 Å². The van der Waals surface area contributed by atoms with Crippen molar-refractivity contribution in [1.82, 2.24) is 0 Å². The molecule has 15 heavy (non-hydrogen) atoms. The van der Waals surface area contributed by atoms with Crippen LogP contribution in [0, 0.1) is 0 Å². The Morgan fingerprint density at radius 1 is 1.47 bits per heavy atom. The number of carboxylic acids is 1. The smallest absolute Gasteiger partial charge is 0.339 e. The first kappa shape index (κ1) is 11.3. The van der Waals surface area contributed by atoms with Gasteiger partial charge in [0.1, 0.15) is 17.1 Å². The molecule has 0 aliphatic carbocycles. The molecule has 0 aliphatic rings. The maximum Gasteiger partial charge on any atom is 0.339 e. The van der Waals surface area contributed by atoms with Gasteiger partial charge in [0.25, 0.3) is 0 Å². The van der Waals surface area contributed by atoms with Gasteiger partial charge in [-0.25, -0.2) is 4.79 Å². The van der Waals surface area contributed by atoms with Crippen molar-refractivity contribution in [2.24, 2.45) is 0 Å². The summed E-state index contributed by atoms with van der Waals surface area (Å²) >= 11 is 0. The molecule has 0 spiro atoms. The van der Waals surface area contributed by atoms with Crippen molar-refractivity contribution in [3.05, 3.63) is 23.3 Å². The first-order valence-electron chi connectivity index (χ1n) is 4.34. The number of carboxylic acid groups (broad SMARTS) is 1. The lowest BCUT2D eigenvalue weighted by molar-refractivity contribution is 0.0693. The number of phenols is 1. The van der Waals surface area contributed by atoms with Gasteiger partial charge in [-0.3, -0.25) is 0 Å². The Bertz CT molecular complexity index is 372. The summed E-state index contributed by atoms with van der Waals surface area (Å²) in [5.41, 5.74) is 0.356. The fraction of sp³-hybridized carbons (Fsp3) is 0.300. The maximum atomic E-state index is 10.8. The lowest BCUT2D eigenvalue weighted by atomic mass is 10.1. The lowest BCUT2D eigenvalue weighted by Gasteiger charge is -2.09. The second-order valence-corrected chi connectivity index (χ2v) is 2.96. The van der Waals surface area contributed by atoms with Crippen LogP contribution in [0.2, 0.25) is 0 Å². The molecule has 0 radical (unpaired) electrons. The standard InChI is InChI=1S/C10H12O5/c1-15-9-5-8(12)6(2-3-11)4-7(9)10(13)14/h4-5,11-12H,2-3H2,1H3,(H,13,14). The van der Waals surface area contributed by atoms with E-state index in [2.05, 4.69) is 0 Å².